The topological polar surface area (TPSA) is 18.5 Å². The molecule has 0 radical (unpaired) electrons. The van der Waals surface area contributed by atoms with Gasteiger partial charge >= 0.3 is 0 Å². The Labute approximate surface area is 115 Å². The number of hydrogen-bond donors (Lipinski definition) is 0. The van der Waals surface area contributed by atoms with E-state index >= 15 is 0 Å². The molecule has 0 aliphatic carbocycles. The van der Waals surface area contributed by atoms with E-state index in [1.807, 2.05) is 12.1 Å². The average molecular weight is 258 g/mol. The van der Waals surface area contributed by atoms with E-state index in [4.69, 9.17) is 9.47 Å². The molecule has 0 saturated carbocycles. The molecule has 0 atom stereocenters. The number of fused-ring (bicyclic) bond motifs is 1. The van der Waals surface area contributed by atoms with Gasteiger partial charge in [0, 0.05) is 10.8 Å². The lowest BCUT2D eigenvalue weighted by atomic mass is 10.1. The van der Waals surface area contributed by atoms with Crippen LogP contribution in [-0.4, -0.2) is 13.2 Å². The monoisotopic (exact) mass is 258 g/mol. The van der Waals surface area contributed by atoms with E-state index in [9.17, 15) is 0 Å². The van der Waals surface area contributed by atoms with Crippen molar-refractivity contribution < 1.29 is 9.47 Å². The van der Waals surface area contributed by atoms with Gasteiger partial charge in [0.2, 0.25) is 0 Å². The van der Waals surface area contributed by atoms with E-state index in [1.165, 1.54) is 5.56 Å². The summed E-state index contributed by atoms with van der Waals surface area (Å²) in [5, 5.41) is 2.27. The van der Waals surface area contributed by atoms with Crippen LogP contribution in [0.15, 0.2) is 30.3 Å². The molecule has 2 rings (SSSR count). The van der Waals surface area contributed by atoms with Gasteiger partial charge in [0.1, 0.15) is 11.5 Å². The van der Waals surface area contributed by atoms with Crippen molar-refractivity contribution in [2.24, 2.45) is 0 Å². The van der Waals surface area contributed by atoms with Crippen LogP contribution in [0.1, 0.15) is 32.3 Å². The van der Waals surface area contributed by atoms with Gasteiger partial charge in [0.15, 0.2) is 0 Å². The van der Waals surface area contributed by atoms with Gasteiger partial charge in [-0.15, -0.1) is 0 Å². The predicted octanol–water partition coefficient (Wildman–Crippen LogP) is 4.73. The lowest BCUT2D eigenvalue weighted by Gasteiger charge is -2.14. The molecular weight excluding hydrogens is 236 g/mol. The van der Waals surface area contributed by atoms with Gasteiger partial charge in [0.05, 0.1) is 13.2 Å². The summed E-state index contributed by atoms with van der Waals surface area (Å²) in [4.78, 5) is 0. The Bertz CT molecular complexity index is 546. The van der Waals surface area contributed by atoms with Crippen molar-refractivity contribution in [3.8, 4) is 11.5 Å². The fraction of sp³-hybridized carbons (Fsp3) is 0.412. The number of aryl methyl sites for hydroxylation is 1. The molecule has 0 unspecified atom stereocenters. The minimum Gasteiger partial charge on any atom is -0.493 e. The van der Waals surface area contributed by atoms with Crippen LogP contribution in [0.3, 0.4) is 0 Å². The number of hydrogen-bond acceptors (Lipinski definition) is 2. The molecule has 2 aromatic rings. The first kappa shape index (κ1) is 13.7. The molecule has 0 aliphatic rings. The minimum absolute atomic E-state index is 0.748. The molecule has 0 aromatic heterocycles. The lowest BCUT2D eigenvalue weighted by molar-refractivity contribution is 0.316. The quantitative estimate of drug-likeness (QED) is 0.746. The second kappa shape index (κ2) is 6.46. The fourth-order valence-corrected chi connectivity index (χ4v) is 2.14. The average Bonchev–Trinajstić information content (AvgIpc) is 2.44. The second-order valence-corrected chi connectivity index (χ2v) is 4.76. The van der Waals surface area contributed by atoms with E-state index < -0.39 is 0 Å². The summed E-state index contributed by atoms with van der Waals surface area (Å²) >= 11 is 0. The van der Waals surface area contributed by atoms with Crippen LogP contribution < -0.4 is 9.47 Å². The summed E-state index contributed by atoms with van der Waals surface area (Å²) in [6.07, 6.45) is 2.03. The van der Waals surface area contributed by atoms with Crippen molar-refractivity contribution >= 4 is 10.8 Å². The first-order chi connectivity index (χ1) is 9.27. The Balaban J connectivity index is 2.46. The molecule has 0 bridgehead atoms. The van der Waals surface area contributed by atoms with Crippen molar-refractivity contribution in [1.29, 1.82) is 0 Å². The zero-order chi connectivity index (χ0) is 13.7. The largest absolute Gasteiger partial charge is 0.493 e. The van der Waals surface area contributed by atoms with Crippen molar-refractivity contribution in [2.45, 2.75) is 33.6 Å². The number of benzene rings is 2. The van der Waals surface area contributed by atoms with Crippen LogP contribution in [0.25, 0.3) is 10.8 Å². The third-order valence-electron chi connectivity index (χ3n) is 3.08. The van der Waals surface area contributed by atoms with Crippen LogP contribution >= 0.6 is 0 Å². The zero-order valence-electron chi connectivity index (χ0n) is 12.0. The maximum absolute atomic E-state index is 5.90. The molecule has 0 fully saturated rings. The molecule has 2 heteroatoms. The standard InChI is InChI=1S/C17H22O2/c1-4-11-18-16-8-6-7-15-14(16)10-9-13(3)17(15)19-12-5-2/h6-10H,4-5,11-12H2,1-3H3. The van der Waals surface area contributed by atoms with Crippen LogP contribution in [0, 0.1) is 6.92 Å². The van der Waals surface area contributed by atoms with E-state index in [2.05, 4.69) is 39.0 Å². The second-order valence-electron chi connectivity index (χ2n) is 4.76. The maximum atomic E-state index is 5.90. The van der Waals surface area contributed by atoms with E-state index in [-0.39, 0.29) is 0 Å². The Morgan fingerprint density at radius 3 is 2.32 bits per heavy atom. The smallest absolute Gasteiger partial charge is 0.130 e. The first-order valence-corrected chi connectivity index (χ1v) is 7.05. The van der Waals surface area contributed by atoms with Crippen LogP contribution in [0.2, 0.25) is 0 Å². The fourth-order valence-electron chi connectivity index (χ4n) is 2.14. The lowest BCUT2D eigenvalue weighted by Crippen LogP contribution is -1.99. The first-order valence-electron chi connectivity index (χ1n) is 7.05. The van der Waals surface area contributed by atoms with Crippen molar-refractivity contribution in [1.82, 2.24) is 0 Å². The molecule has 0 N–H and O–H groups in total. The highest BCUT2D eigenvalue weighted by molar-refractivity contribution is 5.94. The molecule has 0 spiro atoms. The Morgan fingerprint density at radius 2 is 1.58 bits per heavy atom. The number of rotatable bonds is 6. The van der Waals surface area contributed by atoms with Gasteiger partial charge in [-0.2, -0.15) is 0 Å². The molecule has 0 heterocycles. The van der Waals surface area contributed by atoms with Crippen LogP contribution in [-0.2, 0) is 0 Å². The van der Waals surface area contributed by atoms with E-state index in [1.54, 1.807) is 0 Å². The van der Waals surface area contributed by atoms with Crippen molar-refractivity contribution in [3.05, 3.63) is 35.9 Å². The minimum atomic E-state index is 0.748. The summed E-state index contributed by atoms with van der Waals surface area (Å²) in [5.41, 5.74) is 1.17. The van der Waals surface area contributed by atoms with Gasteiger partial charge in [0.25, 0.3) is 0 Å². The van der Waals surface area contributed by atoms with Crippen molar-refractivity contribution in [3.63, 3.8) is 0 Å². The van der Waals surface area contributed by atoms with Crippen LogP contribution in [0.4, 0.5) is 0 Å². The van der Waals surface area contributed by atoms with E-state index in [0.717, 1.165) is 48.3 Å². The van der Waals surface area contributed by atoms with Gasteiger partial charge in [-0.05, 0) is 31.4 Å². The normalized spacial score (nSPS) is 10.7. The molecule has 2 nitrogen and oxygen atoms in total. The zero-order valence-corrected chi connectivity index (χ0v) is 12.0. The molecule has 2 aromatic carbocycles. The highest BCUT2D eigenvalue weighted by Crippen LogP contribution is 2.34. The summed E-state index contributed by atoms with van der Waals surface area (Å²) < 4.78 is 11.7. The summed E-state index contributed by atoms with van der Waals surface area (Å²) in [7, 11) is 0. The van der Waals surface area contributed by atoms with Gasteiger partial charge in [-0.1, -0.05) is 38.1 Å². The predicted molar refractivity (Wildman–Crippen MR) is 80.3 cm³/mol. The SMILES string of the molecule is CCCOc1cccc2c(OCCC)c(C)ccc12. The highest BCUT2D eigenvalue weighted by Gasteiger charge is 2.09. The van der Waals surface area contributed by atoms with Gasteiger partial charge < -0.3 is 9.47 Å². The third-order valence-corrected chi connectivity index (χ3v) is 3.08. The Kier molecular flexibility index (Phi) is 4.67. The third kappa shape index (κ3) is 3.01. The Morgan fingerprint density at radius 1 is 0.842 bits per heavy atom. The summed E-state index contributed by atoms with van der Waals surface area (Å²) in [5.74, 6) is 1.93. The van der Waals surface area contributed by atoms with Gasteiger partial charge in [-0.25, -0.2) is 0 Å². The highest BCUT2D eigenvalue weighted by atomic mass is 16.5. The van der Waals surface area contributed by atoms with E-state index in [0.29, 0.717) is 0 Å². The molecular formula is C17H22O2. The number of ether oxygens (including phenoxy) is 2. The molecule has 0 saturated heterocycles. The van der Waals surface area contributed by atoms with Crippen LogP contribution in [0.5, 0.6) is 11.5 Å². The molecule has 0 amide bonds. The van der Waals surface area contributed by atoms with Crippen molar-refractivity contribution in [2.75, 3.05) is 13.2 Å². The molecule has 102 valence electrons. The molecule has 0 aliphatic heterocycles. The summed E-state index contributed by atoms with van der Waals surface area (Å²) in [6, 6.07) is 10.4. The van der Waals surface area contributed by atoms with Gasteiger partial charge in [-0.3, -0.25) is 0 Å². The molecule has 19 heavy (non-hydrogen) atoms. The summed E-state index contributed by atoms with van der Waals surface area (Å²) in [6.45, 7) is 7.82. The Hall–Kier alpha value is -1.70. The maximum Gasteiger partial charge on any atom is 0.130 e.